The van der Waals surface area contributed by atoms with Gasteiger partial charge in [-0.2, -0.15) is 10.1 Å². The molecule has 2 aliphatic heterocycles. The molecule has 2 atom stereocenters. The van der Waals surface area contributed by atoms with Gasteiger partial charge in [0.15, 0.2) is 17.4 Å². The SMILES string of the molecule is CCC1CNCCN1c1cnc(N2CCCC2c2cc(-c3ccccn3)no2)nc1Nc1cc(C)[nH]n1. The molecule has 0 saturated carbocycles. The average molecular weight is 501 g/mol. The average Bonchev–Trinajstić information content (AvgIpc) is 3.70. The molecule has 2 aliphatic rings. The number of piperazine rings is 1. The van der Waals surface area contributed by atoms with Crippen molar-refractivity contribution in [1.29, 1.82) is 0 Å². The van der Waals surface area contributed by atoms with E-state index in [-0.39, 0.29) is 6.04 Å². The summed E-state index contributed by atoms with van der Waals surface area (Å²) in [6, 6.07) is 10.1. The Labute approximate surface area is 215 Å². The minimum Gasteiger partial charge on any atom is -0.362 e. The summed E-state index contributed by atoms with van der Waals surface area (Å²) in [5, 5.41) is 18.6. The van der Waals surface area contributed by atoms with E-state index in [9.17, 15) is 0 Å². The smallest absolute Gasteiger partial charge is 0.228 e. The van der Waals surface area contributed by atoms with Crippen LogP contribution in [0.4, 0.5) is 23.3 Å². The van der Waals surface area contributed by atoms with Gasteiger partial charge in [0.05, 0.1) is 23.6 Å². The first-order valence-corrected chi connectivity index (χ1v) is 13.0. The largest absolute Gasteiger partial charge is 0.362 e. The van der Waals surface area contributed by atoms with Crippen LogP contribution in [0.5, 0.6) is 0 Å². The summed E-state index contributed by atoms with van der Waals surface area (Å²) in [6.45, 7) is 7.82. The van der Waals surface area contributed by atoms with Gasteiger partial charge in [-0.1, -0.05) is 18.1 Å². The second-order valence-electron chi connectivity index (χ2n) is 9.61. The van der Waals surface area contributed by atoms with E-state index in [1.165, 1.54) is 0 Å². The van der Waals surface area contributed by atoms with E-state index < -0.39 is 0 Å². The molecule has 6 rings (SSSR count). The zero-order chi connectivity index (χ0) is 25.2. The summed E-state index contributed by atoms with van der Waals surface area (Å²) in [5.41, 5.74) is 3.51. The van der Waals surface area contributed by atoms with Crippen molar-refractivity contribution in [2.75, 3.05) is 41.3 Å². The number of H-pyrrole nitrogens is 1. The number of aromatic nitrogens is 6. The van der Waals surface area contributed by atoms with E-state index in [1.54, 1.807) is 6.20 Å². The third kappa shape index (κ3) is 4.74. The Hall–Kier alpha value is -3.99. The minimum atomic E-state index is 0.0128. The van der Waals surface area contributed by atoms with Crippen LogP contribution in [0.1, 0.15) is 43.7 Å². The molecule has 4 aromatic heterocycles. The summed E-state index contributed by atoms with van der Waals surface area (Å²) >= 11 is 0. The van der Waals surface area contributed by atoms with Gasteiger partial charge in [-0.3, -0.25) is 10.1 Å². The predicted molar refractivity (Wildman–Crippen MR) is 142 cm³/mol. The molecule has 0 spiro atoms. The quantitative estimate of drug-likeness (QED) is 0.345. The first kappa shape index (κ1) is 23.4. The van der Waals surface area contributed by atoms with E-state index >= 15 is 0 Å². The van der Waals surface area contributed by atoms with Crippen LogP contribution in [0.15, 0.2) is 47.2 Å². The number of anilines is 4. The maximum absolute atomic E-state index is 5.80. The van der Waals surface area contributed by atoms with Crippen LogP contribution < -0.4 is 20.4 Å². The lowest BCUT2D eigenvalue weighted by Gasteiger charge is -2.38. The Morgan fingerprint density at radius 3 is 2.89 bits per heavy atom. The number of rotatable bonds is 7. The third-order valence-corrected chi connectivity index (χ3v) is 7.13. The third-order valence-electron chi connectivity index (χ3n) is 7.13. The second kappa shape index (κ2) is 10.2. The fraction of sp³-hybridized carbons (Fsp3) is 0.423. The van der Waals surface area contributed by atoms with E-state index in [0.717, 1.165) is 85.6 Å². The van der Waals surface area contributed by atoms with Gasteiger partial charge in [-0.05, 0) is 38.3 Å². The van der Waals surface area contributed by atoms with Crippen LogP contribution in [0.2, 0.25) is 0 Å². The van der Waals surface area contributed by atoms with Crippen molar-refractivity contribution in [2.24, 2.45) is 0 Å². The van der Waals surface area contributed by atoms with Gasteiger partial charge in [0.1, 0.15) is 5.69 Å². The normalized spacial score (nSPS) is 19.9. The lowest BCUT2D eigenvalue weighted by molar-refractivity contribution is 0.362. The van der Waals surface area contributed by atoms with Gasteiger partial charge < -0.3 is 25.0 Å². The van der Waals surface area contributed by atoms with E-state index in [4.69, 9.17) is 14.5 Å². The highest BCUT2D eigenvalue weighted by atomic mass is 16.5. The first-order chi connectivity index (χ1) is 18.2. The number of hydrogen-bond donors (Lipinski definition) is 3. The molecule has 2 saturated heterocycles. The molecule has 0 aliphatic carbocycles. The predicted octanol–water partition coefficient (Wildman–Crippen LogP) is 3.83. The van der Waals surface area contributed by atoms with E-state index in [0.29, 0.717) is 12.0 Å². The van der Waals surface area contributed by atoms with Crippen molar-refractivity contribution in [2.45, 2.75) is 45.2 Å². The molecule has 2 fully saturated rings. The van der Waals surface area contributed by atoms with Crippen LogP contribution in [-0.4, -0.2) is 62.5 Å². The van der Waals surface area contributed by atoms with Crippen LogP contribution in [0.3, 0.4) is 0 Å². The van der Waals surface area contributed by atoms with Gasteiger partial charge in [0.25, 0.3) is 0 Å². The number of aryl methyl sites for hydroxylation is 1. The molecule has 11 nitrogen and oxygen atoms in total. The van der Waals surface area contributed by atoms with Crippen molar-refractivity contribution in [3.63, 3.8) is 0 Å². The maximum Gasteiger partial charge on any atom is 0.228 e. The maximum atomic E-state index is 5.80. The Morgan fingerprint density at radius 1 is 1.14 bits per heavy atom. The molecule has 4 aromatic rings. The fourth-order valence-corrected chi connectivity index (χ4v) is 5.24. The minimum absolute atomic E-state index is 0.0128. The molecule has 11 heteroatoms. The van der Waals surface area contributed by atoms with Crippen LogP contribution in [0, 0.1) is 6.92 Å². The molecular formula is C26H32N10O. The van der Waals surface area contributed by atoms with Crippen molar-refractivity contribution in [1.82, 2.24) is 35.6 Å². The van der Waals surface area contributed by atoms with Gasteiger partial charge in [0, 0.05) is 56.2 Å². The van der Waals surface area contributed by atoms with E-state index in [1.807, 2.05) is 43.5 Å². The van der Waals surface area contributed by atoms with Crippen molar-refractivity contribution in [3.05, 3.63) is 54.2 Å². The van der Waals surface area contributed by atoms with Crippen LogP contribution in [-0.2, 0) is 0 Å². The Kier molecular flexibility index (Phi) is 6.44. The molecule has 0 bridgehead atoms. The van der Waals surface area contributed by atoms with Gasteiger partial charge >= 0.3 is 0 Å². The van der Waals surface area contributed by atoms with Crippen LogP contribution in [0.25, 0.3) is 11.4 Å². The lowest BCUT2D eigenvalue weighted by atomic mass is 10.1. The summed E-state index contributed by atoms with van der Waals surface area (Å²) in [6.07, 6.45) is 6.71. The second-order valence-corrected chi connectivity index (χ2v) is 9.61. The number of nitrogens with one attached hydrogen (secondary N) is 3. The first-order valence-electron chi connectivity index (χ1n) is 13.0. The number of pyridine rings is 1. The zero-order valence-corrected chi connectivity index (χ0v) is 21.2. The fourth-order valence-electron chi connectivity index (χ4n) is 5.24. The van der Waals surface area contributed by atoms with Gasteiger partial charge in [-0.25, -0.2) is 4.98 Å². The van der Waals surface area contributed by atoms with E-state index in [2.05, 4.69) is 47.7 Å². The number of aromatic amines is 1. The van der Waals surface area contributed by atoms with Crippen molar-refractivity contribution in [3.8, 4) is 11.4 Å². The topological polar surface area (TPSA) is 124 Å². The monoisotopic (exact) mass is 500 g/mol. The summed E-state index contributed by atoms with van der Waals surface area (Å²) in [4.78, 5) is 18.9. The molecule has 192 valence electrons. The standard InChI is InChI=1S/C26H32N10O/c1-3-18-15-27-10-12-35(18)22-16-29-26(31-25(22)30-24-13-17(2)32-33-24)36-11-6-8-21(36)23-14-20(34-37-23)19-7-4-5-9-28-19/h4-5,7,9,13-14,16,18,21,27H,3,6,8,10-12,15H2,1-2H3,(H2,29,30,31,32,33). The summed E-state index contributed by atoms with van der Waals surface area (Å²) in [7, 11) is 0. The molecule has 0 aromatic carbocycles. The van der Waals surface area contributed by atoms with Gasteiger partial charge in [-0.15, -0.1) is 0 Å². The Morgan fingerprint density at radius 2 is 2.08 bits per heavy atom. The zero-order valence-electron chi connectivity index (χ0n) is 21.2. The molecule has 2 unspecified atom stereocenters. The van der Waals surface area contributed by atoms with Crippen LogP contribution >= 0.6 is 0 Å². The summed E-state index contributed by atoms with van der Waals surface area (Å²) in [5.74, 6) is 2.96. The molecule has 6 heterocycles. The highest BCUT2D eigenvalue weighted by Crippen LogP contribution is 2.38. The Balaban J connectivity index is 1.33. The highest BCUT2D eigenvalue weighted by Gasteiger charge is 2.33. The molecule has 0 amide bonds. The molecular weight excluding hydrogens is 468 g/mol. The highest BCUT2D eigenvalue weighted by molar-refractivity contribution is 5.72. The van der Waals surface area contributed by atoms with Crippen molar-refractivity contribution < 1.29 is 4.52 Å². The van der Waals surface area contributed by atoms with Crippen molar-refractivity contribution >= 4 is 23.3 Å². The molecule has 37 heavy (non-hydrogen) atoms. The summed E-state index contributed by atoms with van der Waals surface area (Å²) < 4.78 is 5.80. The molecule has 3 N–H and O–H groups in total. The number of nitrogens with zero attached hydrogens (tertiary/aromatic N) is 7. The number of hydrogen-bond acceptors (Lipinski definition) is 10. The lowest BCUT2D eigenvalue weighted by Crippen LogP contribution is -2.51. The molecule has 0 radical (unpaired) electrons. The Bertz CT molecular complexity index is 1340. The van der Waals surface area contributed by atoms with Gasteiger partial charge in [0.2, 0.25) is 5.95 Å².